The molecule has 0 saturated carbocycles. The van der Waals surface area contributed by atoms with Crippen molar-refractivity contribution in [3.63, 3.8) is 0 Å². The van der Waals surface area contributed by atoms with Crippen LogP contribution in [0.25, 0.3) is 0 Å². The van der Waals surface area contributed by atoms with Crippen LogP contribution >= 0.6 is 15.9 Å². The molecule has 5 heteroatoms. The van der Waals surface area contributed by atoms with Crippen molar-refractivity contribution in [3.05, 3.63) is 26.8 Å². The Bertz CT molecular complexity index is 337. The smallest absolute Gasteiger partial charge is 0.267 e. The molecule has 1 heterocycles. The van der Waals surface area contributed by atoms with Crippen molar-refractivity contribution in [1.82, 2.24) is 9.55 Å². The summed E-state index contributed by atoms with van der Waals surface area (Å²) in [5.41, 5.74) is -0.236. The fourth-order valence-corrected chi connectivity index (χ4v) is 1.22. The van der Waals surface area contributed by atoms with Crippen LogP contribution in [-0.2, 0) is 6.54 Å². The lowest BCUT2D eigenvalue weighted by molar-refractivity contribution is 0.432. The first-order valence-corrected chi connectivity index (χ1v) is 4.24. The Kier molecular flexibility index (Phi) is 2.97. The summed E-state index contributed by atoms with van der Waals surface area (Å²) in [6.07, 6.45) is 1.42. The van der Waals surface area contributed by atoms with Gasteiger partial charge in [-0.25, -0.2) is 9.37 Å². The van der Waals surface area contributed by atoms with Crippen LogP contribution < -0.4 is 5.56 Å². The number of nitrogens with zero attached hydrogens (tertiary/aromatic N) is 2. The second-order valence-corrected chi connectivity index (χ2v) is 3.15. The lowest BCUT2D eigenvalue weighted by atomic mass is 10.5. The molecule has 1 aromatic heterocycles. The third kappa shape index (κ3) is 1.72. The molecular weight excluding hydrogens is 227 g/mol. The zero-order valence-corrected chi connectivity index (χ0v) is 8.14. The van der Waals surface area contributed by atoms with Crippen molar-refractivity contribution in [2.24, 2.45) is 0 Å². The molecule has 0 saturated heterocycles. The van der Waals surface area contributed by atoms with Gasteiger partial charge in [0.15, 0.2) is 0 Å². The molecule has 0 atom stereocenters. The van der Waals surface area contributed by atoms with Crippen molar-refractivity contribution in [1.29, 1.82) is 0 Å². The molecule has 0 aliphatic carbocycles. The largest absolute Gasteiger partial charge is 0.293 e. The molecular formula is C7H8BrFN2O. The van der Waals surface area contributed by atoms with E-state index in [0.717, 1.165) is 0 Å². The molecule has 0 unspecified atom stereocenters. The van der Waals surface area contributed by atoms with Crippen molar-refractivity contribution >= 4 is 15.9 Å². The van der Waals surface area contributed by atoms with E-state index in [9.17, 15) is 9.18 Å². The molecule has 0 amide bonds. The van der Waals surface area contributed by atoms with Gasteiger partial charge in [-0.1, -0.05) is 0 Å². The standard InChI is InChI=1S/C7H8BrFN2O/c1-5-10-4-6(8)7(12)11(5)3-2-9/h4H,2-3H2,1H3. The van der Waals surface area contributed by atoms with Crippen LogP contribution in [0, 0.1) is 6.92 Å². The van der Waals surface area contributed by atoms with Gasteiger partial charge in [-0.05, 0) is 22.9 Å². The van der Waals surface area contributed by atoms with Crippen LogP contribution in [0.5, 0.6) is 0 Å². The molecule has 0 spiro atoms. The number of aromatic nitrogens is 2. The molecule has 66 valence electrons. The van der Waals surface area contributed by atoms with Crippen LogP contribution in [0.3, 0.4) is 0 Å². The maximum absolute atomic E-state index is 12.0. The highest BCUT2D eigenvalue weighted by molar-refractivity contribution is 9.10. The summed E-state index contributed by atoms with van der Waals surface area (Å²) >= 11 is 3.03. The van der Waals surface area contributed by atoms with Crippen molar-refractivity contribution < 1.29 is 4.39 Å². The number of hydrogen-bond donors (Lipinski definition) is 0. The molecule has 3 nitrogen and oxygen atoms in total. The van der Waals surface area contributed by atoms with E-state index in [1.54, 1.807) is 6.92 Å². The van der Waals surface area contributed by atoms with Crippen LogP contribution in [0.15, 0.2) is 15.5 Å². The fraction of sp³-hybridized carbons (Fsp3) is 0.429. The van der Waals surface area contributed by atoms with Gasteiger partial charge in [0.2, 0.25) is 0 Å². The van der Waals surface area contributed by atoms with E-state index in [1.807, 2.05) is 0 Å². The molecule has 1 aromatic rings. The van der Waals surface area contributed by atoms with Crippen molar-refractivity contribution in [2.75, 3.05) is 6.67 Å². The Labute approximate surface area is 77.4 Å². The number of alkyl halides is 1. The Morgan fingerprint density at radius 2 is 2.42 bits per heavy atom. The Balaban J connectivity index is 3.24. The summed E-state index contributed by atoms with van der Waals surface area (Å²) in [5.74, 6) is 0.529. The third-order valence-electron chi connectivity index (χ3n) is 1.51. The van der Waals surface area contributed by atoms with Gasteiger partial charge in [0.05, 0.1) is 6.54 Å². The number of hydrogen-bond acceptors (Lipinski definition) is 2. The Morgan fingerprint density at radius 1 is 1.75 bits per heavy atom. The molecule has 0 aliphatic heterocycles. The van der Waals surface area contributed by atoms with E-state index < -0.39 is 6.67 Å². The predicted molar refractivity (Wildman–Crippen MR) is 46.9 cm³/mol. The topological polar surface area (TPSA) is 34.9 Å². The van der Waals surface area contributed by atoms with E-state index in [4.69, 9.17) is 0 Å². The Morgan fingerprint density at radius 3 is 3.00 bits per heavy atom. The van der Waals surface area contributed by atoms with E-state index in [0.29, 0.717) is 10.3 Å². The highest BCUT2D eigenvalue weighted by atomic mass is 79.9. The number of halogens is 2. The van der Waals surface area contributed by atoms with Gasteiger partial charge >= 0.3 is 0 Å². The van der Waals surface area contributed by atoms with Gasteiger partial charge in [0, 0.05) is 6.20 Å². The van der Waals surface area contributed by atoms with Crippen LogP contribution in [0.4, 0.5) is 4.39 Å². The molecule has 0 radical (unpaired) electrons. The predicted octanol–water partition coefficient (Wildman–Crippen LogP) is 1.28. The monoisotopic (exact) mass is 234 g/mol. The summed E-state index contributed by atoms with van der Waals surface area (Å²) in [7, 11) is 0. The van der Waals surface area contributed by atoms with Crippen LogP contribution in [0.1, 0.15) is 5.82 Å². The lowest BCUT2D eigenvalue weighted by Gasteiger charge is -2.05. The fourth-order valence-electron chi connectivity index (χ4n) is 0.899. The maximum atomic E-state index is 12.0. The number of aryl methyl sites for hydroxylation is 1. The zero-order chi connectivity index (χ0) is 9.14. The summed E-state index contributed by atoms with van der Waals surface area (Å²) in [4.78, 5) is 15.2. The minimum atomic E-state index is -0.557. The van der Waals surface area contributed by atoms with E-state index in [-0.39, 0.29) is 12.1 Å². The maximum Gasteiger partial charge on any atom is 0.267 e. The Hall–Kier alpha value is -0.710. The lowest BCUT2D eigenvalue weighted by Crippen LogP contribution is -2.24. The summed E-state index contributed by atoms with van der Waals surface area (Å²) in [5, 5.41) is 0. The average molecular weight is 235 g/mol. The van der Waals surface area contributed by atoms with Gasteiger partial charge in [-0.3, -0.25) is 9.36 Å². The molecule has 0 fully saturated rings. The molecule has 0 aromatic carbocycles. The molecule has 0 N–H and O–H groups in total. The van der Waals surface area contributed by atoms with Gasteiger partial charge in [0.1, 0.15) is 17.0 Å². The minimum absolute atomic E-state index is 0.0666. The molecule has 0 aliphatic rings. The van der Waals surface area contributed by atoms with Crippen molar-refractivity contribution in [2.45, 2.75) is 13.5 Å². The number of rotatable bonds is 2. The first kappa shape index (κ1) is 9.38. The van der Waals surface area contributed by atoms with Gasteiger partial charge in [-0.15, -0.1) is 0 Å². The second-order valence-electron chi connectivity index (χ2n) is 2.30. The second kappa shape index (κ2) is 3.80. The first-order valence-electron chi connectivity index (χ1n) is 3.44. The molecule has 12 heavy (non-hydrogen) atoms. The van der Waals surface area contributed by atoms with E-state index in [1.165, 1.54) is 10.8 Å². The van der Waals surface area contributed by atoms with Gasteiger partial charge < -0.3 is 0 Å². The van der Waals surface area contributed by atoms with Gasteiger partial charge in [0.25, 0.3) is 5.56 Å². The summed E-state index contributed by atoms with van der Waals surface area (Å²) < 4.78 is 13.6. The van der Waals surface area contributed by atoms with Crippen molar-refractivity contribution in [3.8, 4) is 0 Å². The SMILES string of the molecule is Cc1ncc(Br)c(=O)n1CCF. The normalized spacial score (nSPS) is 10.2. The van der Waals surface area contributed by atoms with E-state index in [2.05, 4.69) is 20.9 Å². The summed E-state index contributed by atoms with van der Waals surface area (Å²) in [6, 6.07) is 0. The van der Waals surface area contributed by atoms with E-state index >= 15 is 0 Å². The average Bonchev–Trinajstić information content (AvgIpc) is 2.06. The molecule has 0 bridgehead atoms. The van der Waals surface area contributed by atoms with Crippen LogP contribution in [-0.4, -0.2) is 16.2 Å². The quantitative estimate of drug-likeness (QED) is 0.773. The highest BCUT2D eigenvalue weighted by Crippen LogP contribution is 2.00. The highest BCUT2D eigenvalue weighted by Gasteiger charge is 2.03. The van der Waals surface area contributed by atoms with Crippen LogP contribution in [0.2, 0.25) is 0 Å². The summed E-state index contributed by atoms with van der Waals surface area (Å²) in [6.45, 7) is 1.18. The minimum Gasteiger partial charge on any atom is -0.293 e. The third-order valence-corrected chi connectivity index (χ3v) is 2.06. The van der Waals surface area contributed by atoms with Gasteiger partial charge in [-0.2, -0.15) is 0 Å². The first-order chi connectivity index (χ1) is 5.66. The molecule has 1 rings (SSSR count). The zero-order valence-electron chi connectivity index (χ0n) is 6.55.